The van der Waals surface area contributed by atoms with Gasteiger partial charge in [-0.1, -0.05) is 20.8 Å². The average molecular weight is 527 g/mol. The first kappa shape index (κ1) is 28.9. The number of amides is 1. The second-order valence-corrected chi connectivity index (χ2v) is 15.6. The predicted molar refractivity (Wildman–Crippen MR) is 124 cm³/mol. The number of halogens is 6. The number of aromatic nitrogens is 1. The summed E-state index contributed by atoms with van der Waals surface area (Å²) in [5.74, 6) is -0.509. The van der Waals surface area contributed by atoms with Gasteiger partial charge in [0, 0.05) is 17.4 Å². The van der Waals surface area contributed by atoms with Crippen LogP contribution >= 0.6 is 0 Å². The summed E-state index contributed by atoms with van der Waals surface area (Å²) in [6.45, 7) is 13.5. The Morgan fingerprint density at radius 1 is 0.971 bits per heavy atom. The van der Waals surface area contributed by atoms with Gasteiger partial charge in [-0.25, -0.2) is 4.79 Å². The summed E-state index contributed by atoms with van der Waals surface area (Å²) in [4.78, 5) is 14.0. The van der Waals surface area contributed by atoms with E-state index in [1.807, 2.05) is 20.8 Å². The molecule has 5 nitrogen and oxygen atoms in total. The summed E-state index contributed by atoms with van der Waals surface area (Å²) in [6, 6.07) is 2.22. The Morgan fingerprint density at radius 3 is 2.00 bits per heavy atom. The SMILES string of the molecule is CC(C)(C)OC(=O)NCCc1c(C(F)(F)F)[nH]c2ccc(O[Si](C)(C)C(C)(C)C)c(C(F)(F)F)c12. The van der Waals surface area contributed by atoms with Crippen LogP contribution in [0.3, 0.4) is 0 Å². The average Bonchev–Trinajstić information content (AvgIpc) is 2.96. The minimum Gasteiger partial charge on any atom is -0.543 e. The van der Waals surface area contributed by atoms with E-state index < -0.39 is 71.8 Å². The molecule has 0 unspecified atom stereocenters. The lowest BCUT2D eigenvalue weighted by Crippen LogP contribution is -2.44. The fourth-order valence-corrected chi connectivity index (χ4v) is 4.25. The van der Waals surface area contributed by atoms with Crippen LogP contribution < -0.4 is 9.74 Å². The number of fused-ring (bicyclic) bond motifs is 1. The van der Waals surface area contributed by atoms with E-state index in [-0.39, 0.29) is 12.1 Å². The van der Waals surface area contributed by atoms with Crippen LogP contribution in [0.25, 0.3) is 10.9 Å². The molecule has 0 fully saturated rings. The summed E-state index contributed by atoms with van der Waals surface area (Å²) < 4.78 is 95.3. The first-order valence-electron chi connectivity index (χ1n) is 11.0. The van der Waals surface area contributed by atoms with Crippen LogP contribution in [0.4, 0.5) is 31.1 Å². The maximum atomic E-state index is 14.3. The van der Waals surface area contributed by atoms with Crippen molar-refractivity contribution >= 4 is 25.3 Å². The standard InChI is InChI=1S/C23H32F6N2O3Si/c1-20(2,3)33-19(32)30-12-11-13-16-14(31-18(13)23(27,28)29)9-10-15(17(16)22(24,25)26)34-35(7,8)21(4,5)6/h9-10,31H,11-12H2,1-8H3,(H,30,32). The number of hydrogen-bond donors (Lipinski definition) is 2. The van der Waals surface area contributed by atoms with Crippen LogP contribution in [0.15, 0.2) is 12.1 Å². The highest BCUT2D eigenvalue weighted by Gasteiger charge is 2.45. The molecule has 0 saturated carbocycles. The molecule has 0 aliphatic rings. The highest BCUT2D eigenvalue weighted by atomic mass is 28.4. The van der Waals surface area contributed by atoms with Crippen molar-refractivity contribution in [1.82, 2.24) is 10.3 Å². The van der Waals surface area contributed by atoms with Crippen molar-refractivity contribution in [3.63, 3.8) is 0 Å². The van der Waals surface area contributed by atoms with Crippen LogP contribution in [-0.4, -0.2) is 31.5 Å². The molecule has 12 heteroatoms. The molecule has 1 amide bonds. The van der Waals surface area contributed by atoms with Gasteiger partial charge in [0.05, 0.1) is 0 Å². The highest BCUT2D eigenvalue weighted by molar-refractivity contribution is 6.74. The fraction of sp³-hybridized carbons (Fsp3) is 0.609. The smallest absolute Gasteiger partial charge is 0.431 e. The Hall–Kier alpha value is -2.37. The molecule has 0 aliphatic carbocycles. The number of rotatable bonds is 5. The Morgan fingerprint density at radius 2 is 1.54 bits per heavy atom. The zero-order valence-corrected chi connectivity index (χ0v) is 22.1. The van der Waals surface area contributed by atoms with Gasteiger partial charge in [0.15, 0.2) is 0 Å². The molecule has 0 atom stereocenters. The van der Waals surface area contributed by atoms with Gasteiger partial charge in [-0.3, -0.25) is 0 Å². The highest BCUT2D eigenvalue weighted by Crippen LogP contribution is 2.48. The second kappa shape index (κ2) is 9.25. The van der Waals surface area contributed by atoms with Crippen molar-refractivity contribution in [2.45, 2.75) is 84.0 Å². The normalized spacial score (nSPS) is 13.8. The minimum atomic E-state index is -4.99. The van der Waals surface area contributed by atoms with E-state index in [9.17, 15) is 31.1 Å². The second-order valence-electron chi connectivity index (χ2n) is 10.9. The largest absolute Gasteiger partial charge is 0.543 e. The molecular weight excluding hydrogens is 494 g/mol. The van der Waals surface area contributed by atoms with Crippen molar-refractivity contribution in [3.05, 3.63) is 29.0 Å². The van der Waals surface area contributed by atoms with Crippen LogP contribution in [0.5, 0.6) is 5.75 Å². The van der Waals surface area contributed by atoms with Gasteiger partial charge in [0.25, 0.3) is 0 Å². The number of ether oxygens (including phenoxy) is 1. The summed E-state index contributed by atoms with van der Waals surface area (Å²) in [5.41, 5.74) is -4.33. The molecule has 0 aliphatic heterocycles. The van der Waals surface area contributed by atoms with E-state index in [0.29, 0.717) is 0 Å². The molecule has 0 spiro atoms. The number of alkyl halides is 6. The summed E-state index contributed by atoms with van der Waals surface area (Å²) in [7, 11) is -2.76. The van der Waals surface area contributed by atoms with Crippen LogP contribution in [0.1, 0.15) is 58.4 Å². The number of benzene rings is 1. The summed E-state index contributed by atoms with van der Waals surface area (Å²) in [6.07, 6.45) is -11.3. The quantitative estimate of drug-likeness (QED) is 0.311. The molecule has 1 heterocycles. The first-order chi connectivity index (χ1) is 15.5. The predicted octanol–water partition coefficient (Wildman–Crippen LogP) is 7.66. The number of nitrogens with one attached hydrogen (secondary N) is 2. The number of H-pyrrole nitrogens is 1. The molecule has 0 radical (unpaired) electrons. The van der Waals surface area contributed by atoms with Crippen molar-refractivity contribution < 1.29 is 40.3 Å². The topological polar surface area (TPSA) is 63.3 Å². The first-order valence-corrected chi connectivity index (χ1v) is 13.9. The summed E-state index contributed by atoms with van der Waals surface area (Å²) in [5, 5.41) is 1.24. The lowest BCUT2D eigenvalue weighted by atomic mass is 10.0. The third-order valence-corrected chi connectivity index (χ3v) is 10.2. The molecule has 2 aromatic rings. The lowest BCUT2D eigenvalue weighted by Gasteiger charge is -2.37. The number of carbonyl (C=O) groups is 1. The van der Waals surface area contributed by atoms with Gasteiger partial charge in [-0.2, -0.15) is 26.3 Å². The summed E-state index contributed by atoms with van der Waals surface area (Å²) >= 11 is 0. The molecule has 2 N–H and O–H groups in total. The van der Waals surface area contributed by atoms with E-state index in [1.165, 1.54) is 0 Å². The van der Waals surface area contributed by atoms with E-state index in [4.69, 9.17) is 9.16 Å². The third kappa shape index (κ3) is 6.86. The van der Waals surface area contributed by atoms with Gasteiger partial charge in [-0.05, 0) is 63.0 Å². The van der Waals surface area contributed by atoms with E-state index in [0.717, 1.165) is 12.1 Å². The van der Waals surface area contributed by atoms with Gasteiger partial charge < -0.3 is 19.5 Å². The van der Waals surface area contributed by atoms with Crippen molar-refractivity contribution in [1.29, 1.82) is 0 Å². The Bertz CT molecular complexity index is 1080. The molecule has 0 saturated heterocycles. The van der Waals surface area contributed by atoms with E-state index >= 15 is 0 Å². The zero-order valence-electron chi connectivity index (χ0n) is 21.1. The Labute approximate surface area is 201 Å². The maximum Gasteiger partial charge on any atom is 0.431 e. The fourth-order valence-electron chi connectivity index (χ4n) is 3.23. The van der Waals surface area contributed by atoms with E-state index in [2.05, 4.69) is 10.3 Å². The van der Waals surface area contributed by atoms with Crippen LogP contribution in [0.2, 0.25) is 18.1 Å². The lowest BCUT2D eigenvalue weighted by molar-refractivity contribution is -0.141. The zero-order chi connectivity index (χ0) is 27.2. The van der Waals surface area contributed by atoms with Crippen molar-refractivity contribution in [2.75, 3.05) is 6.54 Å². The minimum absolute atomic E-state index is 0.320. The molecule has 0 bridgehead atoms. The number of aromatic amines is 1. The Kier molecular flexibility index (Phi) is 7.63. The van der Waals surface area contributed by atoms with Gasteiger partial charge >= 0.3 is 18.4 Å². The molecule has 198 valence electrons. The molecule has 35 heavy (non-hydrogen) atoms. The van der Waals surface area contributed by atoms with Crippen LogP contribution in [0, 0.1) is 0 Å². The monoisotopic (exact) mass is 526 g/mol. The van der Waals surface area contributed by atoms with E-state index in [1.54, 1.807) is 33.9 Å². The van der Waals surface area contributed by atoms with Gasteiger partial charge in [0.2, 0.25) is 8.32 Å². The van der Waals surface area contributed by atoms with Gasteiger partial charge in [0.1, 0.15) is 22.6 Å². The molecule has 2 rings (SSSR count). The van der Waals surface area contributed by atoms with Crippen molar-refractivity contribution in [2.24, 2.45) is 0 Å². The Balaban J connectivity index is 2.66. The number of hydrogen-bond acceptors (Lipinski definition) is 3. The number of carbonyl (C=O) groups excluding carboxylic acids is 1. The van der Waals surface area contributed by atoms with Gasteiger partial charge in [-0.15, -0.1) is 0 Å². The van der Waals surface area contributed by atoms with Crippen molar-refractivity contribution in [3.8, 4) is 5.75 Å². The third-order valence-electron chi connectivity index (χ3n) is 5.81. The molecular formula is C23H32F6N2O3Si. The maximum absolute atomic E-state index is 14.3. The molecule has 1 aromatic carbocycles. The number of alkyl carbamates (subject to hydrolysis) is 1. The molecule has 1 aromatic heterocycles. The van der Waals surface area contributed by atoms with Crippen LogP contribution in [-0.2, 0) is 23.5 Å².